The summed E-state index contributed by atoms with van der Waals surface area (Å²) in [6.07, 6.45) is 0.976. The quantitative estimate of drug-likeness (QED) is 0.487. The minimum absolute atomic E-state index is 0.113. The SMILES string of the molecule is COC(=O)/C=C(/Nc1ccc(OCC(=O)N2CCOCC2)c(OC)c1)C(=O)OC. The molecular weight excluding hydrogens is 384 g/mol. The monoisotopic (exact) mass is 408 g/mol. The molecule has 1 aromatic carbocycles. The van der Waals surface area contributed by atoms with Crippen molar-refractivity contribution in [2.45, 2.75) is 0 Å². The van der Waals surface area contributed by atoms with E-state index in [1.165, 1.54) is 21.3 Å². The molecule has 29 heavy (non-hydrogen) atoms. The summed E-state index contributed by atoms with van der Waals surface area (Å²) >= 11 is 0. The molecule has 0 saturated carbocycles. The molecule has 0 aromatic heterocycles. The Labute approximate surface area is 168 Å². The normalized spacial score (nSPS) is 14.0. The Hall–Kier alpha value is -3.27. The second kappa shape index (κ2) is 10.9. The van der Waals surface area contributed by atoms with E-state index in [-0.39, 0.29) is 18.2 Å². The lowest BCUT2D eigenvalue weighted by atomic mass is 10.2. The number of carbonyl (C=O) groups excluding carboxylic acids is 3. The Kier molecular flexibility index (Phi) is 8.28. The summed E-state index contributed by atoms with van der Waals surface area (Å²) in [4.78, 5) is 37.2. The molecule has 158 valence electrons. The van der Waals surface area contributed by atoms with Crippen molar-refractivity contribution in [3.8, 4) is 11.5 Å². The van der Waals surface area contributed by atoms with Crippen LogP contribution in [0.3, 0.4) is 0 Å². The van der Waals surface area contributed by atoms with Crippen molar-refractivity contribution in [3.05, 3.63) is 30.0 Å². The lowest BCUT2D eigenvalue weighted by Gasteiger charge is -2.26. The average molecular weight is 408 g/mol. The highest BCUT2D eigenvalue weighted by atomic mass is 16.5. The summed E-state index contributed by atoms with van der Waals surface area (Å²) in [5.41, 5.74) is 0.326. The van der Waals surface area contributed by atoms with Gasteiger partial charge < -0.3 is 33.9 Å². The summed E-state index contributed by atoms with van der Waals surface area (Å²) in [5.74, 6) is -0.910. The fraction of sp³-hybridized carbons (Fsp3) is 0.421. The van der Waals surface area contributed by atoms with Crippen molar-refractivity contribution in [2.75, 3.05) is 59.6 Å². The van der Waals surface area contributed by atoms with Crippen LogP contribution in [0.2, 0.25) is 0 Å². The van der Waals surface area contributed by atoms with E-state index in [0.717, 1.165) is 6.08 Å². The molecule has 1 N–H and O–H groups in total. The number of hydrogen-bond donors (Lipinski definition) is 1. The van der Waals surface area contributed by atoms with E-state index in [4.69, 9.17) is 14.2 Å². The van der Waals surface area contributed by atoms with Crippen LogP contribution in [0, 0.1) is 0 Å². The minimum Gasteiger partial charge on any atom is -0.493 e. The smallest absolute Gasteiger partial charge is 0.354 e. The summed E-state index contributed by atoms with van der Waals surface area (Å²) in [5, 5.41) is 2.77. The third kappa shape index (κ3) is 6.39. The summed E-state index contributed by atoms with van der Waals surface area (Å²) in [6.45, 7) is 1.95. The molecule has 1 saturated heterocycles. The first-order valence-electron chi connectivity index (χ1n) is 8.79. The first-order chi connectivity index (χ1) is 14.0. The molecule has 10 nitrogen and oxygen atoms in total. The Morgan fingerprint density at radius 2 is 1.83 bits per heavy atom. The Balaban J connectivity index is 2.08. The van der Waals surface area contributed by atoms with Gasteiger partial charge in [0.1, 0.15) is 5.70 Å². The largest absolute Gasteiger partial charge is 0.493 e. The zero-order valence-corrected chi connectivity index (χ0v) is 16.6. The highest BCUT2D eigenvalue weighted by molar-refractivity contribution is 5.98. The number of nitrogens with one attached hydrogen (secondary N) is 1. The fourth-order valence-corrected chi connectivity index (χ4v) is 2.50. The van der Waals surface area contributed by atoms with Gasteiger partial charge in [0.05, 0.1) is 40.6 Å². The van der Waals surface area contributed by atoms with Gasteiger partial charge in [0.25, 0.3) is 5.91 Å². The van der Waals surface area contributed by atoms with Gasteiger partial charge in [0.2, 0.25) is 0 Å². The molecule has 0 unspecified atom stereocenters. The lowest BCUT2D eigenvalue weighted by Crippen LogP contribution is -2.43. The molecule has 1 heterocycles. The number of nitrogens with zero attached hydrogens (tertiary/aromatic N) is 1. The molecule has 1 amide bonds. The van der Waals surface area contributed by atoms with Gasteiger partial charge in [-0.25, -0.2) is 9.59 Å². The van der Waals surface area contributed by atoms with Crippen LogP contribution in [0.25, 0.3) is 0 Å². The number of amides is 1. The van der Waals surface area contributed by atoms with Crippen LogP contribution < -0.4 is 14.8 Å². The topological polar surface area (TPSA) is 113 Å². The molecule has 0 spiro atoms. The maximum Gasteiger partial charge on any atom is 0.354 e. The average Bonchev–Trinajstić information content (AvgIpc) is 2.77. The van der Waals surface area contributed by atoms with E-state index in [1.54, 1.807) is 23.1 Å². The van der Waals surface area contributed by atoms with Gasteiger partial charge in [0, 0.05) is 24.8 Å². The van der Waals surface area contributed by atoms with E-state index in [9.17, 15) is 14.4 Å². The first-order valence-corrected chi connectivity index (χ1v) is 8.79. The number of hydrogen-bond acceptors (Lipinski definition) is 9. The van der Waals surface area contributed by atoms with E-state index in [0.29, 0.717) is 43.5 Å². The van der Waals surface area contributed by atoms with Gasteiger partial charge >= 0.3 is 11.9 Å². The predicted molar refractivity (Wildman–Crippen MR) is 102 cm³/mol. The molecule has 10 heteroatoms. The van der Waals surface area contributed by atoms with Crippen LogP contribution >= 0.6 is 0 Å². The molecule has 1 fully saturated rings. The van der Waals surface area contributed by atoms with Gasteiger partial charge in [-0.15, -0.1) is 0 Å². The third-order valence-electron chi connectivity index (χ3n) is 4.03. The van der Waals surface area contributed by atoms with Crippen LogP contribution in [-0.2, 0) is 28.6 Å². The van der Waals surface area contributed by atoms with Crippen LogP contribution in [0.4, 0.5) is 5.69 Å². The highest BCUT2D eigenvalue weighted by Gasteiger charge is 2.18. The number of esters is 2. The number of morpholine rings is 1. The van der Waals surface area contributed by atoms with Crippen molar-refractivity contribution >= 4 is 23.5 Å². The molecule has 0 atom stereocenters. The minimum atomic E-state index is -0.745. The standard InChI is InChI=1S/C19H24N2O8/c1-25-16-10-13(20-14(19(24)27-3)11-18(23)26-2)4-5-15(16)29-12-17(22)21-6-8-28-9-7-21/h4-5,10-11,20H,6-9,12H2,1-3H3/b14-11+. The molecule has 1 aromatic rings. The molecule has 1 aliphatic heterocycles. The van der Waals surface area contributed by atoms with E-state index >= 15 is 0 Å². The first kappa shape index (κ1) is 22.0. The number of benzene rings is 1. The molecule has 1 aliphatic rings. The maximum atomic E-state index is 12.2. The lowest BCUT2D eigenvalue weighted by molar-refractivity contribution is -0.138. The zero-order chi connectivity index (χ0) is 21.2. The molecule has 0 aliphatic carbocycles. The highest BCUT2D eigenvalue weighted by Crippen LogP contribution is 2.31. The molecular formula is C19H24N2O8. The number of methoxy groups -OCH3 is 3. The maximum absolute atomic E-state index is 12.2. The van der Waals surface area contributed by atoms with Gasteiger partial charge in [-0.05, 0) is 12.1 Å². The summed E-state index contributed by atoms with van der Waals surface area (Å²) < 4.78 is 25.3. The number of rotatable bonds is 8. The number of ether oxygens (including phenoxy) is 5. The van der Waals surface area contributed by atoms with Gasteiger partial charge in [-0.1, -0.05) is 0 Å². The van der Waals surface area contributed by atoms with Gasteiger partial charge in [-0.3, -0.25) is 4.79 Å². The molecule has 0 bridgehead atoms. The van der Waals surface area contributed by atoms with Crippen LogP contribution in [0.5, 0.6) is 11.5 Å². The van der Waals surface area contributed by atoms with Crippen LogP contribution in [0.15, 0.2) is 30.0 Å². The van der Waals surface area contributed by atoms with Crippen molar-refractivity contribution in [2.24, 2.45) is 0 Å². The summed E-state index contributed by atoms with van der Waals surface area (Å²) in [6, 6.07) is 4.74. The van der Waals surface area contributed by atoms with Crippen LogP contribution in [0.1, 0.15) is 0 Å². The Morgan fingerprint density at radius 3 is 2.45 bits per heavy atom. The molecule has 0 radical (unpaired) electrons. The Bertz CT molecular complexity index is 771. The fourth-order valence-electron chi connectivity index (χ4n) is 2.50. The second-order valence-corrected chi connectivity index (χ2v) is 5.85. The van der Waals surface area contributed by atoms with E-state index in [2.05, 4.69) is 14.8 Å². The third-order valence-corrected chi connectivity index (χ3v) is 4.03. The Morgan fingerprint density at radius 1 is 1.10 bits per heavy atom. The zero-order valence-electron chi connectivity index (χ0n) is 16.6. The number of carbonyl (C=O) groups is 3. The van der Waals surface area contributed by atoms with Gasteiger partial charge in [0.15, 0.2) is 18.1 Å². The summed E-state index contributed by atoms with van der Waals surface area (Å²) in [7, 11) is 3.83. The second-order valence-electron chi connectivity index (χ2n) is 5.85. The van der Waals surface area contributed by atoms with E-state index < -0.39 is 11.9 Å². The van der Waals surface area contributed by atoms with Crippen molar-refractivity contribution < 1.29 is 38.1 Å². The predicted octanol–water partition coefficient (Wildman–Crippen LogP) is 0.575. The van der Waals surface area contributed by atoms with Gasteiger partial charge in [-0.2, -0.15) is 0 Å². The van der Waals surface area contributed by atoms with Crippen molar-refractivity contribution in [1.29, 1.82) is 0 Å². The van der Waals surface area contributed by atoms with Crippen molar-refractivity contribution in [1.82, 2.24) is 4.90 Å². The van der Waals surface area contributed by atoms with Crippen molar-refractivity contribution in [3.63, 3.8) is 0 Å². The number of anilines is 1. The van der Waals surface area contributed by atoms with E-state index in [1.807, 2.05) is 0 Å². The van der Waals surface area contributed by atoms with Crippen LogP contribution in [-0.4, -0.2) is 77.0 Å². The molecule has 2 rings (SSSR count).